The highest BCUT2D eigenvalue weighted by Crippen LogP contribution is 2.27. The number of aliphatic hydroxyl groups is 1. The second-order valence-corrected chi connectivity index (χ2v) is 8.32. The van der Waals surface area contributed by atoms with E-state index in [2.05, 4.69) is 4.72 Å². The maximum Gasteiger partial charge on any atom is 0.250 e. The molecule has 114 valence electrons. The summed E-state index contributed by atoms with van der Waals surface area (Å²) in [7, 11) is -3.68. The van der Waals surface area contributed by atoms with Crippen LogP contribution in [0.1, 0.15) is 18.4 Å². The van der Waals surface area contributed by atoms with E-state index in [1.54, 1.807) is 0 Å². The third-order valence-corrected chi connectivity index (χ3v) is 6.46. The van der Waals surface area contributed by atoms with Gasteiger partial charge in [0.25, 0.3) is 0 Å². The number of halogens is 1. The van der Waals surface area contributed by atoms with Gasteiger partial charge < -0.3 is 5.11 Å². The normalized spacial score (nSPS) is 14.8. The zero-order valence-corrected chi connectivity index (χ0v) is 13.8. The first-order chi connectivity index (χ1) is 9.94. The van der Waals surface area contributed by atoms with Gasteiger partial charge in [-0.3, -0.25) is 0 Å². The predicted octanol–water partition coefficient (Wildman–Crippen LogP) is 2.84. The molecule has 0 saturated heterocycles. The van der Waals surface area contributed by atoms with Crippen molar-refractivity contribution in [3.05, 3.63) is 52.4 Å². The second-order valence-electron chi connectivity index (χ2n) is 4.67. The number of thiophene rings is 1. The molecule has 4 nitrogen and oxygen atoms in total. The summed E-state index contributed by atoms with van der Waals surface area (Å²) in [4.78, 5) is 0. The Morgan fingerprint density at radius 3 is 2.43 bits per heavy atom. The average Bonchev–Trinajstić information content (AvgIpc) is 2.92. The molecule has 0 aliphatic heterocycles. The van der Waals surface area contributed by atoms with Gasteiger partial charge in [0.15, 0.2) is 0 Å². The van der Waals surface area contributed by atoms with Gasteiger partial charge in [-0.15, -0.1) is 11.3 Å². The van der Waals surface area contributed by atoms with Gasteiger partial charge >= 0.3 is 0 Å². The molecule has 2 aromatic rings. The molecule has 0 aliphatic carbocycles. The van der Waals surface area contributed by atoms with E-state index in [9.17, 15) is 13.5 Å². The standard InChI is InChI=1S/C14H16ClNO3S2/c1-10(11-5-3-2-4-6-11)12(9-17)16-21(18,19)14-8-7-13(15)20-14/h2-8,10,12,16-17H,9H2,1H3/t10-,12-/m1/s1. The Labute approximate surface area is 133 Å². The molecule has 7 heteroatoms. The molecule has 21 heavy (non-hydrogen) atoms. The highest BCUT2D eigenvalue weighted by molar-refractivity contribution is 7.91. The van der Waals surface area contributed by atoms with Crippen molar-refractivity contribution in [2.45, 2.75) is 23.1 Å². The summed E-state index contributed by atoms with van der Waals surface area (Å²) in [6, 6.07) is 11.9. The molecule has 2 atom stereocenters. The van der Waals surface area contributed by atoms with Crippen LogP contribution < -0.4 is 4.72 Å². The molecule has 2 rings (SSSR count). The van der Waals surface area contributed by atoms with E-state index in [1.807, 2.05) is 37.3 Å². The Hall–Kier alpha value is -0.920. The molecular formula is C14H16ClNO3S2. The Morgan fingerprint density at radius 2 is 1.90 bits per heavy atom. The lowest BCUT2D eigenvalue weighted by molar-refractivity contribution is 0.242. The fraction of sp³-hybridized carbons (Fsp3) is 0.286. The minimum Gasteiger partial charge on any atom is -0.395 e. The maximum absolute atomic E-state index is 12.3. The van der Waals surface area contributed by atoms with Gasteiger partial charge in [-0.2, -0.15) is 0 Å². The van der Waals surface area contributed by atoms with Crippen molar-refractivity contribution >= 4 is 33.0 Å². The van der Waals surface area contributed by atoms with Gasteiger partial charge in [0.05, 0.1) is 17.0 Å². The monoisotopic (exact) mass is 345 g/mol. The van der Waals surface area contributed by atoms with E-state index in [4.69, 9.17) is 11.6 Å². The largest absolute Gasteiger partial charge is 0.395 e. The highest BCUT2D eigenvalue weighted by atomic mass is 35.5. The van der Waals surface area contributed by atoms with Crippen LogP contribution in [-0.2, 0) is 10.0 Å². The van der Waals surface area contributed by atoms with Crippen LogP contribution in [0.5, 0.6) is 0 Å². The Balaban J connectivity index is 2.19. The predicted molar refractivity (Wildman–Crippen MR) is 85.4 cm³/mol. The van der Waals surface area contributed by atoms with Gasteiger partial charge in [0, 0.05) is 0 Å². The Kier molecular flexibility index (Phi) is 5.40. The van der Waals surface area contributed by atoms with Gasteiger partial charge in [0.2, 0.25) is 10.0 Å². The lowest BCUT2D eigenvalue weighted by atomic mass is 9.94. The fourth-order valence-electron chi connectivity index (χ4n) is 1.99. The van der Waals surface area contributed by atoms with Crippen molar-refractivity contribution in [2.24, 2.45) is 0 Å². The van der Waals surface area contributed by atoms with Crippen LogP contribution in [0.3, 0.4) is 0 Å². The second kappa shape index (κ2) is 6.89. The number of aliphatic hydroxyl groups excluding tert-OH is 1. The van der Waals surface area contributed by atoms with E-state index in [0.29, 0.717) is 4.34 Å². The van der Waals surface area contributed by atoms with Crippen LogP contribution >= 0.6 is 22.9 Å². The van der Waals surface area contributed by atoms with Crippen LogP contribution in [0.2, 0.25) is 4.34 Å². The summed E-state index contributed by atoms with van der Waals surface area (Å²) in [6.45, 7) is 1.59. The summed E-state index contributed by atoms with van der Waals surface area (Å²) in [5.74, 6) is -0.151. The van der Waals surface area contributed by atoms with E-state index < -0.39 is 16.1 Å². The SMILES string of the molecule is C[C@H](c1ccccc1)[C@@H](CO)NS(=O)(=O)c1ccc(Cl)s1. The molecule has 1 heterocycles. The van der Waals surface area contributed by atoms with E-state index in [0.717, 1.165) is 16.9 Å². The van der Waals surface area contributed by atoms with Gasteiger partial charge in [0.1, 0.15) is 4.21 Å². The molecule has 0 saturated carbocycles. The molecule has 0 radical (unpaired) electrons. The number of hydrogen-bond donors (Lipinski definition) is 2. The van der Waals surface area contributed by atoms with E-state index in [-0.39, 0.29) is 16.7 Å². The molecule has 0 spiro atoms. The molecular weight excluding hydrogens is 330 g/mol. The molecule has 2 N–H and O–H groups in total. The summed E-state index contributed by atoms with van der Waals surface area (Å²) in [6.07, 6.45) is 0. The zero-order valence-electron chi connectivity index (χ0n) is 11.4. The number of sulfonamides is 1. The van der Waals surface area contributed by atoms with E-state index >= 15 is 0 Å². The number of rotatable bonds is 6. The quantitative estimate of drug-likeness (QED) is 0.846. The summed E-state index contributed by atoms with van der Waals surface area (Å²) in [5, 5.41) is 9.52. The van der Waals surface area contributed by atoms with Crippen LogP contribution in [0, 0.1) is 0 Å². The van der Waals surface area contributed by atoms with Gasteiger partial charge in [-0.25, -0.2) is 13.1 Å². The average molecular weight is 346 g/mol. The van der Waals surface area contributed by atoms with Crippen molar-refractivity contribution in [1.29, 1.82) is 0 Å². The summed E-state index contributed by atoms with van der Waals surface area (Å²) >= 11 is 6.76. The van der Waals surface area contributed by atoms with Crippen molar-refractivity contribution < 1.29 is 13.5 Å². The first-order valence-corrected chi connectivity index (χ1v) is 9.05. The Morgan fingerprint density at radius 1 is 1.24 bits per heavy atom. The first kappa shape index (κ1) is 16.5. The third-order valence-electron chi connectivity index (χ3n) is 3.25. The minimum absolute atomic E-state index is 0.145. The van der Waals surface area contributed by atoms with E-state index in [1.165, 1.54) is 12.1 Å². The van der Waals surface area contributed by atoms with Gasteiger partial charge in [-0.1, -0.05) is 48.9 Å². The zero-order chi connectivity index (χ0) is 15.5. The third kappa shape index (κ3) is 4.05. The van der Waals surface area contributed by atoms with Crippen molar-refractivity contribution in [1.82, 2.24) is 4.72 Å². The number of hydrogen-bond acceptors (Lipinski definition) is 4. The number of benzene rings is 1. The summed E-state index contributed by atoms with van der Waals surface area (Å²) < 4.78 is 27.7. The Bertz CT molecular complexity index is 685. The molecule has 1 aromatic carbocycles. The highest BCUT2D eigenvalue weighted by Gasteiger charge is 2.26. The van der Waals surface area contributed by atoms with Crippen LogP contribution in [-0.4, -0.2) is 26.2 Å². The fourth-order valence-corrected chi connectivity index (χ4v) is 4.79. The van der Waals surface area contributed by atoms with Crippen LogP contribution in [0.15, 0.2) is 46.7 Å². The smallest absolute Gasteiger partial charge is 0.250 e. The lowest BCUT2D eigenvalue weighted by Gasteiger charge is -2.23. The van der Waals surface area contributed by atoms with Crippen LogP contribution in [0.25, 0.3) is 0 Å². The molecule has 0 bridgehead atoms. The van der Waals surface area contributed by atoms with Crippen molar-refractivity contribution in [3.63, 3.8) is 0 Å². The topological polar surface area (TPSA) is 66.4 Å². The van der Waals surface area contributed by atoms with Crippen LogP contribution in [0.4, 0.5) is 0 Å². The molecule has 1 aromatic heterocycles. The van der Waals surface area contributed by atoms with Crippen molar-refractivity contribution in [3.8, 4) is 0 Å². The van der Waals surface area contributed by atoms with Gasteiger partial charge in [-0.05, 0) is 23.6 Å². The maximum atomic E-state index is 12.3. The summed E-state index contributed by atoms with van der Waals surface area (Å²) in [5.41, 5.74) is 0.962. The first-order valence-electron chi connectivity index (χ1n) is 6.37. The molecule has 0 aliphatic rings. The molecule has 0 amide bonds. The molecule has 0 fully saturated rings. The lowest BCUT2D eigenvalue weighted by Crippen LogP contribution is -2.40. The number of nitrogens with one attached hydrogen (secondary N) is 1. The molecule has 0 unspecified atom stereocenters. The minimum atomic E-state index is -3.68. The van der Waals surface area contributed by atoms with Crippen molar-refractivity contribution in [2.75, 3.05) is 6.61 Å².